The van der Waals surface area contributed by atoms with E-state index in [1.165, 1.54) is 6.92 Å². The quantitative estimate of drug-likeness (QED) is 0.233. The summed E-state index contributed by atoms with van der Waals surface area (Å²) in [5.41, 5.74) is 2.27. The molecule has 118 valence electrons. The smallest absolute Gasteiger partial charge is 0.311 e. The lowest BCUT2D eigenvalue weighted by atomic mass is 9.55. The van der Waals surface area contributed by atoms with Gasteiger partial charge in [0.1, 0.15) is 29.5 Å². The number of nitrogens with two attached hydrogens (primary N) is 1. The van der Waals surface area contributed by atoms with Crippen molar-refractivity contribution in [2.24, 2.45) is 16.6 Å². The van der Waals surface area contributed by atoms with Crippen molar-refractivity contribution in [3.63, 3.8) is 0 Å². The number of guanidine groups is 1. The maximum absolute atomic E-state index is 10.6. The molecule has 1 spiro atoms. The zero-order valence-corrected chi connectivity index (χ0v) is 11.0. The molecule has 3 saturated heterocycles. The van der Waals surface area contributed by atoms with Crippen LogP contribution in [0.1, 0.15) is 6.92 Å². The van der Waals surface area contributed by atoms with Gasteiger partial charge in [-0.15, -0.1) is 0 Å². The van der Waals surface area contributed by atoms with Crippen LogP contribution in [-0.4, -0.2) is 79.2 Å². The molecule has 4 heterocycles. The number of rotatable bonds is 0. The van der Waals surface area contributed by atoms with Gasteiger partial charge in [0.15, 0.2) is 18.3 Å². The normalized spacial score (nSPS) is 64.8. The Morgan fingerprint density at radius 1 is 1.19 bits per heavy atom. The predicted molar refractivity (Wildman–Crippen MR) is 64.3 cm³/mol. The number of aliphatic hydroxyl groups is 5. The Hall–Kier alpha value is -1.01. The average molecular weight is 303 g/mol. The van der Waals surface area contributed by atoms with Crippen LogP contribution in [0.4, 0.5) is 0 Å². The largest absolute Gasteiger partial charge is 0.388 e. The van der Waals surface area contributed by atoms with Crippen LogP contribution in [0.2, 0.25) is 0 Å². The molecule has 10 nitrogen and oxygen atoms in total. The Bertz CT molecular complexity index is 542. The zero-order valence-electron chi connectivity index (χ0n) is 11.0. The fraction of sp³-hybridized carbons (Fsp3) is 0.909. The van der Waals surface area contributed by atoms with E-state index < -0.39 is 53.7 Å². The topological polar surface area (TPSA) is 170 Å². The number of aliphatic imine (C=N–C) groups is 1. The van der Waals surface area contributed by atoms with Crippen molar-refractivity contribution < 1.29 is 35.0 Å². The summed E-state index contributed by atoms with van der Waals surface area (Å²) in [6, 6.07) is 0. The average Bonchev–Trinajstić information content (AvgIpc) is 2.36. The van der Waals surface area contributed by atoms with Gasteiger partial charge in [0.25, 0.3) is 0 Å². The summed E-state index contributed by atoms with van der Waals surface area (Å²) < 4.78 is 10.4. The number of hydrogen-bond acceptors (Lipinski definition) is 10. The first-order valence-corrected chi connectivity index (χ1v) is 6.60. The third kappa shape index (κ3) is 1.26. The van der Waals surface area contributed by atoms with E-state index in [0.717, 1.165) is 0 Å². The van der Waals surface area contributed by atoms with Gasteiger partial charge >= 0.3 is 5.97 Å². The molecule has 5 rings (SSSR count). The lowest BCUT2D eigenvalue weighted by molar-refractivity contribution is -0.545. The van der Waals surface area contributed by atoms with Gasteiger partial charge in [-0.05, 0) is 6.92 Å². The van der Waals surface area contributed by atoms with Crippen LogP contribution in [0.5, 0.6) is 0 Å². The highest BCUT2D eigenvalue weighted by Gasteiger charge is 2.82. The highest BCUT2D eigenvalue weighted by atomic mass is 16.9. The van der Waals surface area contributed by atoms with E-state index in [-0.39, 0.29) is 5.96 Å². The van der Waals surface area contributed by atoms with E-state index in [4.69, 9.17) is 15.2 Å². The Balaban J connectivity index is 1.95. The molecule has 4 aliphatic heterocycles. The molecule has 1 aliphatic carbocycles. The maximum Gasteiger partial charge on any atom is 0.311 e. The third-order valence-corrected chi connectivity index (χ3v) is 5.13. The summed E-state index contributed by atoms with van der Waals surface area (Å²) in [6.07, 6.45) is -6.96. The van der Waals surface area contributed by atoms with Gasteiger partial charge < -0.3 is 46.1 Å². The van der Waals surface area contributed by atoms with Crippen molar-refractivity contribution >= 4 is 5.96 Å². The van der Waals surface area contributed by atoms with Crippen LogP contribution >= 0.6 is 0 Å². The Kier molecular flexibility index (Phi) is 2.26. The number of hydrogen-bond donors (Lipinski definition) is 7. The van der Waals surface area contributed by atoms with Crippen LogP contribution in [-0.2, 0) is 9.47 Å². The first-order valence-electron chi connectivity index (χ1n) is 6.60. The molecule has 0 aromatic rings. The Labute approximate surface area is 118 Å². The molecule has 0 amide bonds. The maximum atomic E-state index is 10.6. The van der Waals surface area contributed by atoms with Crippen molar-refractivity contribution in [1.82, 2.24) is 5.32 Å². The molecule has 5 aliphatic rings. The van der Waals surface area contributed by atoms with Crippen molar-refractivity contribution in [3.05, 3.63) is 0 Å². The first-order chi connectivity index (χ1) is 9.64. The zero-order chi connectivity index (χ0) is 15.4. The lowest BCUT2D eigenvalue weighted by Crippen LogP contribution is -2.94. The number of ether oxygens (including phenoxy) is 2. The van der Waals surface area contributed by atoms with Crippen LogP contribution in [0.3, 0.4) is 0 Å². The Morgan fingerprint density at radius 2 is 1.81 bits per heavy atom. The van der Waals surface area contributed by atoms with Crippen molar-refractivity contribution in [2.45, 2.75) is 54.7 Å². The fourth-order valence-corrected chi connectivity index (χ4v) is 4.19. The van der Waals surface area contributed by atoms with Gasteiger partial charge in [-0.2, -0.15) is 0 Å². The lowest BCUT2D eigenvalue weighted by Gasteiger charge is -2.71. The minimum Gasteiger partial charge on any atom is -0.388 e. The second-order valence-electron chi connectivity index (χ2n) is 6.29. The molecule has 21 heavy (non-hydrogen) atoms. The van der Waals surface area contributed by atoms with E-state index in [2.05, 4.69) is 10.3 Å². The van der Waals surface area contributed by atoms with Crippen LogP contribution < -0.4 is 11.1 Å². The van der Waals surface area contributed by atoms with Crippen molar-refractivity contribution in [1.29, 1.82) is 0 Å². The molecule has 4 bridgehead atoms. The van der Waals surface area contributed by atoms with Crippen LogP contribution in [0.15, 0.2) is 4.99 Å². The summed E-state index contributed by atoms with van der Waals surface area (Å²) in [4.78, 5) is 3.74. The molecule has 9 atom stereocenters. The fourth-order valence-electron chi connectivity index (χ4n) is 4.19. The number of nitrogens with zero attached hydrogens (tertiary/aromatic N) is 1. The van der Waals surface area contributed by atoms with Gasteiger partial charge in [-0.25, -0.2) is 4.99 Å². The Morgan fingerprint density at radius 3 is 2.48 bits per heavy atom. The first kappa shape index (κ1) is 13.6. The molecule has 0 aromatic heterocycles. The second-order valence-corrected chi connectivity index (χ2v) is 6.29. The van der Waals surface area contributed by atoms with Gasteiger partial charge in [0.2, 0.25) is 0 Å². The molecular weight excluding hydrogens is 286 g/mol. The molecule has 10 heteroatoms. The van der Waals surface area contributed by atoms with Crippen molar-refractivity contribution in [3.8, 4) is 0 Å². The molecule has 8 N–H and O–H groups in total. The van der Waals surface area contributed by atoms with E-state index in [1.807, 2.05) is 0 Å². The third-order valence-electron chi connectivity index (χ3n) is 5.13. The van der Waals surface area contributed by atoms with Gasteiger partial charge in [0.05, 0.1) is 5.92 Å². The van der Waals surface area contributed by atoms with E-state index in [1.54, 1.807) is 0 Å². The van der Waals surface area contributed by atoms with E-state index in [9.17, 15) is 25.5 Å². The summed E-state index contributed by atoms with van der Waals surface area (Å²) in [5, 5.41) is 54.7. The monoisotopic (exact) mass is 303 g/mol. The highest BCUT2D eigenvalue weighted by molar-refractivity contribution is 5.80. The van der Waals surface area contributed by atoms with E-state index in [0.29, 0.717) is 0 Å². The SMILES string of the molecule is C[C@]1(O)[C@@H]2O[C@]3(O)O[C@H]1[C@@H](O)[C@@]1(NC(N)=N[C@@H](O)[C@@H]21)[C@@H]3O. The van der Waals surface area contributed by atoms with Gasteiger partial charge in [-0.1, -0.05) is 0 Å². The molecule has 0 aromatic carbocycles. The van der Waals surface area contributed by atoms with Gasteiger partial charge in [0, 0.05) is 0 Å². The summed E-state index contributed by atoms with van der Waals surface area (Å²) in [5.74, 6) is -3.62. The minimum absolute atomic E-state index is 0.193. The predicted octanol–water partition coefficient (Wildman–Crippen LogP) is -4.49. The summed E-state index contributed by atoms with van der Waals surface area (Å²) in [7, 11) is 0. The van der Waals surface area contributed by atoms with E-state index >= 15 is 0 Å². The standard InChI is InChI=1S/C11H17N3O7/c1-9(18)4-2-6(16)13-8(12)14-10(2)3(15)5(9)21-11(19,20-4)7(10)17/h2-7,15-19H,1H3,(H3,12,13,14)/t2-,3-,4-,5+,6+,7+,9+,10-,11+/m1/s1. The minimum atomic E-state index is -2.41. The number of aliphatic hydroxyl groups excluding tert-OH is 3. The number of nitrogens with one attached hydrogen (secondary N) is 1. The molecule has 0 radical (unpaired) electrons. The summed E-state index contributed by atoms with van der Waals surface area (Å²) >= 11 is 0. The van der Waals surface area contributed by atoms with Crippen LogP contribution in [0, 0.1) is 5.92 Å². The summed E-state index contributed by atoms with van der Waals surface area (Å²) in [6.45, 7) is 1.36. The van der Waals surface area contributed by atoms with Crippen LogP contribution in [0.25, 0.3) is 0 Å². The van der Waals surface area contributed by atoms with Crippen molar-refractivity contribution in [2.75, 3.05) is 0 Å². The molecule has 1 saturated carbocycles. The highest BCUT2D eigenvalue weighted by Crippen LogP contribution is 2.58. The molecule has 4 fully saturated rings. The molecular formula is C11H17N3O7. The van der Waals surface area contributed by atoms with Gasteiger partial charge in [-0.3, -0.25) is 0 Å². The second kappa shape index (κ2) is 3.49. The molecule has 0 unspecified atom stereocenters.